The number of sulfonamides is 1. The van der Waals surface area contributed by atoms with Crippen LogP contribution in [0.25, 0.3) is 0 Å². The largest absolute Gasteiger partial charge is 0.359 e. The van der Waals surface area contributed by atoms with Crippen LogP contribution in [-0.2, 0) is 15.4 Å². The van der Waals surface area contributed by atoms with Gasteiger partial charge in [-0.05, 0) is 53.6 Å². The molecule has 0 saturated heterocycles. The van der Waals surface area contributed by atoms with E-state index in [1.54, 1.807) is 12.1 Å². The molecule has 3 N–H and O–H groups in total. The first-order valence-electron chi connectivity index (χ1n) is 9.19. The van der Waals surface area contributed by atoms with E-state index in [1.807, 2.05) is 12.1 Å². The van der Waals surface area contributed by atoms with Crippen molar-refractivity contribution in [3.8, 4) is 0 Å². The number of rotatable bonds is 4. The average Bonchev–Trinajstić information content (AvgIpc) is 2.57. The Kier molecular flexibility index (Phi) is 6.69. The zero-order valence-electron chi connectivity index (χ0n) is 16.3. The van der Waals surface area contributed by atoms with Crippen LogP contribution in [0.4, 0.5) is 0 Å². The molecule has 1 fully saturated rings. The van der Waals surface area contributed by atoms with Crippen molar-refractivity contribution in [2.75, 3.05) is 0 Å². The molecule has 2 rings (SSSR count). The molecule has 0 heterocycles. The molecule has 1 aliphatic rings. The number of thiocarbonyl (C=S) groups is 1. The van der Waals surface area contributed by atoms with Gasteiger partial charge in [-0.3, -0.25) is 5.43 Å². The monoisotopic (exact) mass is 397 g/mol. The summed E-state index contributed by atoms with van der Waals surface area (Å²) in [5, 5.41) is 3.56. The molecule has 0 amide bonds. The predicted molar refractivity (Wildman–Crippen MR) is 110 cm³/mol. The van der Waals surface area contributed by atoms with Gasteiger partial charge in [-0.15, -0.1) is 4.83 Å². The van der Waals surface area contributed by atoms with Gasteiger partial charge in [0.2, 0.25) is 0 Å². The minimum Gasteiger partial charge on any atom is -0.359 e. The number of hydrazine groups is 1. The molecule has 3 atom stereocenters. The van der Waals surface area contributed by atoms with Crippen LogP contribution in [0.15, 0.2) is 29.2 Å². The second-order valence-corrected chi connectivity index (χ2v) is 10.4. The number of nitrogens with one attached hydrogen (secondary N) is 3. The van der Waals surface area contributed by atoms with E-state index in [1.165, 1.54) is 6.42 Å². The van der Waals surface area contributed by atoms with Gasteiger partial charge in [-0.2, -0.15) is 0 Å². The van der Waals surface area contributed by atoms with Gasteiger partial charge in [0, 0.05) is 6.04 Å². The Morgan fingerprint density at radius 3 is 2.31 bits per heavy atom. The van der Waals surface area contributed by atoms with Crippen molar-refractivity contribution < 1.29 is 8.42 Å². The lowest BCUT2D eigenvalue weighted by Crippen LogP contribution is -2.52. The number of benzene rings is 1. The molecule has 0 bridgehead atoms. The van der Waals surface area contributed by atoms with Crippen molar-refractivity contribution in [3.63, 3.8) is 0 Å². The molecule has 1 aromatic rings. The first-order valence-corrected chi connectivity index (χ1v) is 11.1. The summed E-state index contributed by atoms with van der Waals surface area (Å²) in [4.78, 5) is 2.58. The summed E-state index contributed by atoms with van der Waals surface area (Å²) in [5.74, 6) is 1.15. The topological polar surface area (TPSA) is 70.2 Å². The lowest BCUT2D eigenvalue weighted by Gasteiger charge is -2.35. The van der Waals surface area contributed by atoms with E-state index >= 15 is 0 Å². The third-order valence-corrected chi connectivity index (χ3v) is 6.84. The smallest absolute Gasteiger partial charge is 0.257 e. The molecule has 0 aromatic heterocycles. The summed E-state index contributed by atoms with van der Waals surface area (Å²) in [5.41, 5.74) is 3.70. The maximum Gasteiger partial charge on any atom is 0.257 e. The molecule has 5 nitrogen and oxygen atoms in total. The van der Waals surface area contributed by atoms with Gasteiger partial charge in [0.05, 0.1) is 4.90 Å². The average molecular weight is 398 g/mol. The van der Waals surface area contributed by atoms with Gasteiger partial charge < -0.3 is 5.32 Å². The van der Waals surface area contributed by atoms with Gasteiger partial charge >= 0.3 is 0 Å². The fourth-order valence-electron chi connectivity index (χ4n) is 3.30. The lowest BCUT2D eigenvalue weighted by molar-refractivity contribution is 0.224. The van der Waals surface area contributed by atoms with Crippen LogP contribution in [0.5, 0.6) is 0 Å². The quantitative estimate of drug-likeness (QED) is 0.536. The van der Waals surface area contributed by atoms with Crippen molar-refractivity contribution >= 4 is 27.4 Å². The molecule has 1 saturated carbocycles. The fraction of sp³-hybridized carbons (Fsp3) is 0.632. The summed E-state index contributed by atoms with van der Waals surface area (Å²) >= 11 is 5.26. The van der Waals surface area contributed by atoms with E-state index in [2.05, 4.69) is 50.2 Å². The Balaban J connectivity index is 1.94. The molecule has 0 aliphatic heterocycles. The van der Waals surface area contributed by atoms with E-state index in [4.69, 9.17) is 12.2 Å². The fourth-order valence-corrected chi connectivity index (χ4v) is 4.41. The van der Waals surface area contributed by atoms with Crippen LogP contribution in [0, 0.1) is 11.8 Å². The highest BCUT2D eigenvalue weighted by Crippen LogP contribution is 2.29. The maximum absolute atomic E-state index is 12.4. The molecule has 1 aromatic carbocycles. The van der Waals surface area contributed by atoms with Crippen molar-refractivity contribution in [1.29, 1.82) is 0 Å². The SMILES string of the molecule is CC1CCCC(NC(=S)NNS(=O)(=O)c2ccc(C(C)(C)C)cc2)C1C. The van der Waals surface area contributed by atoms with Crippen molar-refractivity contribution in [1.82, 2.24) is 15.6 Å². The van der Waals surface area contributed by atoms with Crippen LogP contribution < -0.4 is 15.6 Å². The molecule has 3 unspecified atom stereocenters. The summed E-state index contributed by atoms with van der Waals surface area (Å²) in [6, 6.07) is 7.19. The third-order valence-electron chi connectivity index (χ3n) is 5.35. The molecular formula is C19H31N3O2S2. The highest BCUT2D eigenvalue weighted by Gasteiger charge is 2.27. The normalized spacial score (nSPS) is 24.1. The van der Waals surface area contributed by atoms with Crippen molar-refractivity contribution in [2.45, 2.75) is 70.2 Å². The second kappa shape index (κ2) is 8.23. The standard InChI is InChI=1S/C19H31N3O2S2/c1-13-7-6-8-17(14(13)2)20-18(25)21-22-26(23,24)16-11-9-15(10-12-16)19(3,4)5/h9-14,17,22H,6-8H2,1-5H3,(H2,20,21,25). The molecule has 7 heteroatoms. The zero-order valence-corrected chi connectivity index (χ0v) is 17.9. The molecule has 146 valence electrons. The first kappa shape index (κ1) is 21.1. The van der Waals surface area contributed by atoms with Gasteiger partial charge in [-0.1, -0.05) is 59.6 Å². The highest BCUT2D eigenvalue weighted by molar-refractivity contribution is 7.89. The van der Waals surface area contributed by atoms with Crippen LogP contribution in [0.3, 0.4) is 0 Å². The Hall–Kier alpha value is -1.18. The summed E-state index contributed by atoms with van der Waals surface area (Å²) in [6.07, 6.45) is 3.45. The Morgan fingerprint density at radius 1 is 1.12 bits per heavy atom. The van der Waals surface area contributed by atoms with E-state index in [0.717, 1.165) is 18.4 Å². The van der Waals surface area contributed by atoms with E-state index in [-0.39, 0.29) is 16.4 Å². The van der Waals surface area contributed by atoms with Crippen LogP contribution in [0.1, 0.15) is 59.4 Å². The van der Waals surface area contributed by atoms with E-state index in [0.29, 0.717) is 16.9 Å². The molecule has 0 spiro atoms. The summed E-state index contributed by atoms with van der Waals surface area (Å²) < 4.78 is 24.9. The van der Waals surface area contributed by atoms with Gasteiger partial charge in [0.25, 0.3) is 10.0 Å². The molecule has 26 heavy (non-hydrogen) atoms. The van der Waals surface area contributed by atoms with Crippen LogP contribution in [-0.4, -0.2) is 19.6 Å². The van der Waals surface area contributed by atoms with Crippen molar-refractivity contribution in [3.05, 3.63) is 29.8 Å². The van der Waals surface area contributed by atoms with Gasteiger partial charge in [0.1, 0.15) is 0 Å². The summed E-state index contributed by atoms with van der Waals surface area (Å²) in [6.45, 7) is 10.7. The molecule has 1 aliphatic carbocycles. The van der Waals surface area contributed by atoms with Crippen LogP contribution in [0.2, 0.25) is 0 Å². The number of hydrogen-bond acceptors (Lipinski definition) is 3. The summed E-state index contributed by atoms with van der Waals surface area (Å²) in [7, 11) is -3.67. The Morgan fingerprint density at radius 2 is 1.73 bits per heavy atom. The van der Waals surface area contributed by atoms with E-state index in [9.17, 15) is 8.42 Å². The lowest BCUT2D eigenvalue weighted by atomic mass is 9.78. The molecular weight excluding hydrogens is 366 g/mol. The molecule has 0 radical (unpaired) electrons. The Labute approximate surface area is 163 Å². The highest BCUT2D eigenvalue weighted by atomic mass is 32.2. The first-order chi connectivity index (χ1) is 12.0. The number of hydrogen-bond donors (Lipinski definition) is 3. The van der Waals surface area contributed by atoms with Gasteiger partial charge in [0.15, 0.2) is 5.11 Å². The van der Waals surface area contributed by atoms with Crippen molar-refractivity contribution in [2.24, 2.45) is 11.8 Å². The second-order valence-electron chi connectivity index (χ2n) is 8.35. The van der Waals surface area contributed by atoms with E-state index < -0.39 is 10.0 Å². The third kappa shape index (κ3) is 5.41. The van der Waals surface area contributed by atoms with Crippen LogP contribution >= 0.6 is 12.2 Å². The minimum atomic E-state index is -3.67. The zero-order chi connectivity index (χ0) is 19.5. The van der Waals surface area contributed by atoms with Gasteiger partial charge in [-0.25, -0.2) is 8.42 Å². The minimum absolute atomic E-state index is 0.0206. The Bertz CT molecular complexity index is 724. The maximum atomic E-state index is 12.4. The predicted octanol–water partition coefficient (Wildman–Crippen LogP) is 3.47.